The number of hydrogen-bond acceptors (Lipinski definition) is 6. The van der Waals surface area contributed by atoms with E-state index in [4.69, 9.17) is 4.74 Å². The fraction of sp³-hybridized carbons (Fsp3) is 0.222. The molecule has 2 aromatic heterocycles. The lowest BCUT2D eigenvalue weighted by Crippen LogP contribution is -2.16. The van der Waals surface area contributed by atoms with Gasteiger partial charge in [-0.2, -0.15) is 0 Å². The summed E-state index contributed by atoms with van der Waals surface area (Å²) in [6.45, 7) is 8.20. The van der Waals surface area contributed by atoms with Gasteiger partial charge in [0, 0.05) is 18.3 Å². The molecule has 0 aliphatic rings. The number of carbonyl (C=O) groups excluding carboxylic acids is 1. The first kappa shape index (κ1) is 23.9. The van der Waals surface area contributed by atoms with Crippen LogP contribution in [0.5, 0.6) is 11.6 Å². The van der Waals surface area contributed by atoms with Gasteiger partial charge in [0.1, 0.15) is 23.7 Å². The molecule has 4 aromatic rings. The molecule has 0 saturated carbocycles. The molecule has 2 heterocycles. The summed E-state index contributed by atoms with van der Waals surface area (Å²) in [7, 11) is 0. The van der Waals surface area contributed by atoms with Gasteiger partial charge in [-0.25, -0.2) is 24.3 Å². The minimum absolute atomic E-state index is 0.0867. The van der Waals surface area contributed by atoms with Crippen LogP contribution in [-0.2, 0) is 11.8 Å². The standard InChI is InChI=1S/C27H26FN5O2/c1-5-23-30-16-31-24(33-23)20-10-7-13-29-26(20)35-19-11-12-22(28)21(15-19)25(34)32-18-9-6-8-17(14-18)27(2,3)4/h6-16H,5H2,1-4H3,(H,32,34). The second-order valence-electron chi connectivity index (χ2n) is 8.96. The Morgan fingerprint density at radius 1 is 1.03 bits per heavy atom. The van der Waals surface area contributed by atoms with Gasteiger partial charge in [0.05, 0.1) is 11.1 Å². The molecule has 1 amide bonds. The highest BCUT2D eigenvalue weighted by Crippen LogP contribution is 2.30. The monoisotopic (exact) mass is 471 g/mol. The summed E-state index contributed by atoms with van der Waals surface area (Å²) in [5.41, 5.74) is 1.96. The highest BCUT2D eigenvalue weighted by atomic mass is 19.1. The van der Waals surface area contributed by atoms with E-state index >= 15 is 0 Å². The second-order valence-corrected chi connectivity index (χ2v) is 8.96. The minimum atomic E-state index is -0.659. The summed E-state index contributed by atoms with van der Waals surface area (Å²) in [6.07, 6.45) is 3.66. The van der Waals surface area contributed by atoms with E-state index in [1.54, 1.807) is 24.4 Å². The number of anilines is 1. The first-order valence-corrected chi connectivity index (χ1v) is 11.3. The van der Waals surface area contributed by atoms with Gasteiger partial charge in [-0.15, -0.1) is 0 Å². The maximum absolute atomic E-state index is 14.6. The normalized spacial score (nSPS) is 11.2. The van der Waals surface area contributed by atoms with Crippen molar-refractivity contribution < 1.29 is 13.9 Å². The van der Waals surface area contributed by atoms with Gasteiger partial charge in [0.15, 0.2) is 5.82 Å². The molecule has 178 valence electrons. The molecule has 0 atom stereocenters. The van der Waals surface area contributed by atoms with Gasteiger partial charge < -0.3 is 10.1 Å². The number of rotatable bonds is 6. The number of hydrogen-bond donors (Lipinski definition) is 1. The molecule has 0 fully saturated rings. The Hall–Kier alpha value is -4.20. The van der Waals surface area contributed by atoms with E-state index in [1.165, 1.54) is 24.5 Å². The number of amides is 1. The van der Waals surface area contributed by atoms with Gasteiger partial charge in [0.2, 0.25) is 5.88 Å². The number of halogens is 1. The molecule has 2 aromatic carbocycles. The first-order valence-electron chi connectivity index (χ1n) is 11.3. The van der Waals surface area contributed by atoms with Crippen molar-refractivity contribution in [3.8, 4) is 23.0 Å². The number of aryl methyl sites for hydroxylation is 1. The van der Waals surface area contributed by atoms with Crippen molar-refractivity contribution in [2.75, 3.05) is 5.32 Å². The summed E-state index contributed by atoms with van der Waals surface area (Å²) < 4.78 is 20.5. The molecule has 8 heteroatoms. The lowest BCUT2D eigenvalue weighted by Gasteiger charge is -2.20. The second kappa shape index (κ2) is 9.97. The number of nitrogens with one attached hydrogen (secondary N) is 1. The third-order valence-electron chi connectivity index (χ3n) is 5.33. The van der Waals surface area contributed by atoms with E-state index in [0.717, 1.165) is 5.56 Å². The summed E-state index contributed by atoms with van der Waals surface area (Å²) in [6, 6.07) is 15.0. The number of nitrogens with zero attached hydrogens (tertiary/aromatic N) is 4. The van der Waals surface area contributed by atoms with Crippen LogP contribution in [0.2, 0.25) is 0 Å². The molecule has 7 nitrogen and oxygen atoms in total. The Kier molecular flexibility index (Phi) is 6.82. The average molecular weight is 472 g/mol. The van der Waals surface area contributed by atoms with E-state index in [-0.39, 0.29) is 22.6 Å². The van der Waals surface area contributed by atoms with Crippen LogP contribution in [0.1, 0.15) is 49.4 Å². The first-order chi connectivity index (χ1) is 16.7. The molecule has 0 bridgehead atoms. The Morgan fingerprint density at radius 2 is 1.86 bits per heavy atom. The summed E-state index contributed by atoms with van der Waals surface area (Å²) >= 11 is 0. The molecule has 1 N–H and O–H groups in total. The quantitative estimate of drug-likeness (QED) is 0.372. The third kappa shape index (κ3) is 5.66. The van der Waals surface area contributed by atoms with Crippen molar-refractivity contribution in [1.29, 1.82) is 0 Å². The van der Waals surface area contributed by atoms with Gasteiger partial charge in [-0.3, -0.25) is 4.79 Å². The number of benzene rings is 2. The van der Waals surface area contributed by atoms with Crippen molar-refractivity contribution in [3.63, 3.8) is 0 Å². The van der Waals surface area contributed by atoms with Crippen LogP contribution < -0.4 is 10.1 Å². The number of ether oxygens (including phenoxy) is 1. The molecular weight excluding hydrogens is 445 g/mol. The van der Waals surface area contributed by atoms with Crippen LogP contribution in [0, 0.1) is 5.82 Å². The molecule has 0 aliphatic carbocycles. The van der Waals surface area contributed by atoms with Crippen molar-refractivity contribution in [2.24, 2.45) is 0 Å². The SMILES string of the molecule is CCc1ncnc(-c2cccnc2Oc2ccc(F)c(C(=O)Nc3cccc(C(C)(C)C)c3)c2)n1. The number of carbonyl (C=O) groups is 1. The molecule has 0 saturated heterocycles. The smallest absolute Gasteiger partial charge is 0.258 e. The van der Waals surface area contributed by atoms with Gasteiger partial charge in [0.25, 0.3) is 5.91 Å². The zero-order valence-electron chi connectivity index (χ0n) is 20.0. The average Bonchev–Trinajstić information content (AvgIpc) is 2.85. The molecule has 35 heavy (non-hydrogen) atoms. The molecule has 0 radical (unpaired) electrons. The van der Waals surface area contributed by atoms with Crippen LogP contribution >= 0.6 is 0 Å². The van der Waals surface area contributed by atoms with Crippen molar-refractivity contribution in [2.45, 2.75) is 39.5 Å². The minimum Gasteiger partial charge on any atom is -0.438 e. The van der Waals surface area contributed by atoms with Gasteiger partial charge >= 0.3 is 0 Å². The van der Waals surface area contributed by atoms with E-state index in [0.29, 0.717) is 29.3 Å². The van der Waals surface area contributed by atoms with Crippen molar-refractivity contribution >= 4 is 11.6 Å². The maximum Gasteiger partial charge on any atom is 0.258 e. The predicted octanol–water partition coefficient (Wildman–Crippen LogP) is 5.98. The highest BCUT2D eigenvalue weighted by molar-refractivity contribution is 6.04. The van der Waals surface area contributed by atoms with Gasteiger partial charge in [-0.05, 0) is 53.4 Å². The van der Waals surface area contributed by atoms with Crippen LogP contribution in [0.15, 0.2) is 67.1 Å². The van der Waals surface area contributed by atoms with E-state index in [2.05, 4.69) is 46.0 Å². The topological polar surface area (TPSA) is 89.9 Å². The van der Waals surface area contributed by atoms with Crippen LogP contribution in [-0.4, -0.2) is 25.8 Å². The summed E-state index contributed by atoms with van der Waals surface area (Å²) in [4.78, 5) is 30.0. The molecule has 0 unspecified atom stereocenters. The largest absolute Gasteiger partial charge is 0.438 e. The highest BCUT2D eigenvalue weighted by Gasteiger charge is 2.18. The number of pyridine rings is 1. The Morgan fingerprint density at radius 3 is 2.63 bits per heavy atom. The molecule has 4 rings (SSSR count). The van der Waals surface area contributed by atoms with E-state index < -0.39 is 11.7 Å². The van der Waals surface area contributed by atoms with E-state index in [9.17, 15) is 9.18 Å². The summed E-state index contributed by atoms with van der Waals surface area (Å²) in [5.74, 6) is 0.305. The lowest BCUT2D eigenvalue weighted by molar-refractivity contribution is 0.102. The van der Waals surface area contributed by atoms with Crippen molar-refractivity contribution in [1.82, 2.24) is 19.9 Å². The Bertz CT molecular complexity index is 1370. The summed E-state index contributed by atoms with van der Waals surface area (Å²) in [5, 5.41) is 2.78. The zero-order chi connectivity index (χ0) is 25.0. The van der Waals surface area contributed by atoms with Gasteiger partial charge in [-0.1, -0.05) is 39.8 Å². The van der Waals surface area contributed by atoms with Crippen LogP contribution in [0.3, 0.4) is 0 Å². The van der Waals surface area contributed by atoms with Crippen LogP contribution in [0.25, 0.3) is 11.4 Å². The van der Waals surface area contributed by atoms with E-state index in [1.807, 2.05) is 25.1 Å². The fourth-order valence-electron chi connectivity index (χ4n) is 3.39. The Balaban J connectivity index is 1.60. The Labute approximate surface area is 203 Å². The lowest BCUT2D eigenvalue weighted by atomic mass is 9.87. The number of aromatic nitrogens is 4. The maximum atomic E-state index is 14.6. The van der Waals surface area contributed by atoms with Crippen molar-refractivity contribution in [3.05, 3.63) is 89.9 Å². The molecular formula is C27H26FN5O2. The molecule has 0 spiro atoms. The fourth-order valence-corrected chi connectivity index (χ4v) is 3.39. The predicted molar refractivity (Wildman–Crippen MR) is 132 cm³/mol. The molecule has 0 aliphatic heterocycles. The third-order valence-corrected chi connectivity index (χ3v) is 5.33. The zero-order valence-corrected chi connectivity index (χ0v) is 20.0. The van der Waals surface area contributed by atoms with Crippen LogP contribution in [0.4, 0.5) is 10.1 Å².